The summed E-state index contributed by atoms with van der Waals surface area (Å²) in [5.74, 6) is -0.125. The van der Waals surface area contributed by atoms with Crippen molar-refractivity contribution in [1.82, 2.24) is 10.3 Å². The highest BCUT2D eigenvalue weighted by molar-refractivity contribution is 7.11. The summed E-state index contributed by atoms with van der Waals surface area (Å²) < 4.78 is 0. The SMILES string of the molecule is CCc1cnc(C(C)NC(=O)c2cccc(O)c2)s1. The number of rotatable bonds is 4. The quantitative estimate of drug-likeness (QED) is 0.902. The summed E-state index contributed by atoms with van der Waals surface area (Å²) in [4.78, 5) is 17.5. The summed E-state index contributed by atoms with van der Waals surface area (Å²) in [6.07, 6.45) is 2.79. The summed E-state index contributed by atoms with van der Waals surface area (Å²) in [6.45, 7) is 3.98. The molecule has 2 rings (SSSR count). The minimum Gasteiger partial charge on any atom is -0.508 e. The third kappa shape index (κ3) is 3.32. The highest BCUT2D eigenvalue weighted by Crippen LogP contribution is 2.21. The topological polar surface area (TPSA) is 62.2 Å². The number of benzene rings is 1. The Morgan fingerprint density at radius 3 is 2.95 bits per heavy atom. The number of aromatic nitrogens is 1. The molecule has 19 heavy (non-hydrogen) atoms. The first-order chi connectivity index (χ1) is 9.10. The van der Waals surface area contributed by atoms with E-state index in [-0.39, 0.29) is 17.7 Å². The molecule has 1 atom stereocenters. The number of phenols is 1. The predicted octanol–water partition coefficient (Wildman–Crippen LogP) is 2.90. The third-order valence-corrected chi connectivity index (χ3v) is 4.07. The van der Waals surface area contributed by atoms with Gasteiger partial charge in [0.2, 0.25) is 0 Å². The van der Waals surface area contributed by atoms with Crippen LogP contribution in [0.3, 0.4) is 0 Å². The molecule has 100 valence electrons. The number of nitrogens with zero attached hydrogens (tertiary/aromatic N) is 1. The zero-order valence-electron chi connectivity index (χ0n) is 10.9. The van der Waals surface area contributed by atoms with Crippen LogP contribution in [0.5, 0.6) is 5.75 Å². The number of carbonyl (C=O) groups excluding carboxylic acids is 1. The van der Waals surface area contributed by atoms with E-state index in [0.717, 1.165) is 11.4 Å². The molecule has 2 N–H and O–H groups in total. The van der Waals surface area contributed by atoms with E-state index in [1.165, 1.54) is 17.0 Å². The lowest BCUT2D eigenvalue weighted by Gasteiger charge is -2.11. The molecule has 5 heteroatoms. The van der Waals surface area contributed by atoms with E-state index >= 15 is 0 Å². The number of phenolic OH excluding ortho intramolecular Hbond substituents is 1. The molecule has 0 aliphatic heterocycles. The summed E-state index contributed by atoms with van der Waals surface area (Å²) in [5, 5.41) is 13.1. The molecule has 1 unspecified atom stereocenters. The molecule has 1 heterocycles. The van der Waals surface area contributed by atoms with Gasteiger partial charge in [0.25, 0.3) is 5.91 Å². The standard InChI is InChI=1S/C14H16N2O2S/c1-3-12-8-15-14(19-12)9(2)16-13(18)10-5-4-6-11(17)7-10/h4-9,17H,3H2,1-2H3,(H,16,18). The Kier molecular flexibility index (Phi) is 4.16. The molecular formula is C14H16N2O2S. The zero-order valence-corrected chi connectivity index (χ0v) is 11.7. The molecule has 0 saturated carbocycles. The number of thiazole rings is 1. The van der Waals surface area contributed by atoms with Gasteiger partial charge in [-0.05, 0) is 31.5 Å². The van der Waals surface area contributed by atoms with E-state index in [1.807, 2.05) is 13.1 Å². The van der Waals surface area contributed by atoms with Crippen molar-refractivity contribution in [2.24, 2.45) is 0 Å². The van der Waals surface area contributed by atoms with Crippen molar-refractivity contribution in [3.8, 4) is 5.75 Å². The number of hydrogen-bond donors (Lipinski definition) is 2. The van der Waals surface area contributed by atoms with Crippen molar-refractivity contribution < 1.29 is 9.90 Å². The van der Waals surface area contributed by atoms with Crippen LogP contribution in [0, 0.1) is 0 Å². The summed E-state index contributed by atoms with van der Waals surface area (Å²) in [7, 11) is 0. The minimum atomic E-state index is -0.211. The van der Waals surface area contributed by atoms with E-state index in [9.17, 15) is 9.90 Å². The molecule has 1 aromatic heterocycles. The largest absolute Gasteiger partial charge is 0.508 e. The first-order valence-electron chi connectivity index (χ1n) is 6.14. The number of hydrogen-bond acceptors (Lipinski definition) is 4. The maximum Gasteiger partial charge on any atom is 0.251 e. The van der Waals surface area contributed by atoms with Crippen molar-refractivity contribution in [1.29, 1.82) is 0 Å². The number of amides is 1. The zero-order chi connectivity index (χ0) is 13.8. The van der Waals surface area contributed by atoms with Crippen molar-refractivity contribution in [3.63, 3.8) is 0 Å². The number of aryl methyl sites for hydroxylation is 1. The second-order valence-electron chi connectivity index (χ2n) is 4.26. The Morgan fingerprint density at radius 2 is 2.32 bits per heavy atom. The molecular weight excluding hydrogens is 260 g/mol. The highest BCUT2D eigenvalue weighted by atomic mass is 32.1. The fourth-order valence-corrected chi connectivity index (χ4v) is 2.53. The third-order valence-electron chi connectivity index (χ3n) is 2.75. The highest BCUT2D eigenvalue weighted by Gasteiger charge is 2.14. The molecule has 0 spiro atoms. The van der Waals surface area contributed by atoms with Crippen LogP contribution < -0.4 is 5.32 Å². The van der Waals surface area contributed by atoms with Gasteiger partial charge in [-0.3, -0.25) is 4.79 Å². The van der Waals surface area contributed by atoms with Gasteiger partial charge in [-0.2, -0.15) is 0 Å². The van der Waals surface area contributed by atoms with Crippen LogP contribution in [0.4, 0.5) is 0 Å². The maximum atomic E-state index is 12.0. The Bertz CT molecular complexity index is 580. The summed E-state index contributed by atoms with van der Waals surface area (Å²) >= 11 is 1.61. The molecule has 0 bridgehead atoms. The van der Waals surface area contributed by atoms with Crippen molar-refractivity contribution in [2.75, 3.05) is 0 Å². The lowest BCUT2D eigenvalue weighted by molar-refractivity contribution is 0.0939. The number of carbonyl (C=O) groups is 1. The molecule has 0 fully saturated rings. The van der Waals surface area contributed by atoms with Gasteiger partial charge in [0.15, 0.2) is 0 Å². The van der Waals surface area contributed by atoms with E-state index in [2.05, 4.69) is 17.2 Å². The first kappa shape index (κ1) is 13.5. The van der Waals surface area contributed by atoms with Crippen LogP contribution in [0.1, 0.15) is 40.1 Å². The molecule has 0 aliphatic rings. The molecule has 0 aliphatic carbocycles. The van der Waals surface area contributed by atoms with Gasteiger partial charge >= 0.3 is 0 Å². The molecule has 4 nitrogen and oxygen atoms in total. The Labute approximate surface area is 116 Å². The number of nitrogens with one attached hydrogen (secondary N) is 1. The smallest absolute Gasteiger partial charge is 0.251 e. The number of aromatic hydroxyl groups is 1. The Morgan fingerprint density at radius 1 is 1.53 bits per heavy atom. The monoisotopic (exact) mass is 276 g/mol. The van der Waals surface area contributed by atoms with Crippen LogP contribution >= 0.6 is 11.3 Å². The van der Waals surface area contributed by atoms with Crippen LogP contribution in [-0.2, 0) is 6.42 Å². The molecule has 2 aromatic rings. The van der Waals surface area contributed by atoms with Gasteiger partial charge in [-0.25, -0.2) is 4.98 Å². The predicted molar refractivity (Wildman–Crippen MR) is 75.5 cm³/mol. The lowest BCUT2D eigenvalue weighted by Crippen LogP contribution is -2.26. The van der Waals surface area contributed by atoms with E-state index in [4.69, 9.17) is 0 Å². The average molecular weight is 276 g/mol. The van der Waals surface area contributed by atoms with E-state index in [0.29, 0.717) is 5.56 Å². The van der Waals surface area contributed by atoms with Gasteiger partial charge in [0, 0.05) is 16.6 Å². The second kappa shape index (κ2) is 5.84. The Balaban J connectivity index is 2.06. The molecule has 1 aromatic carbocycles. The van der Waals surface area contributed by atoms with Gasteiger partial charge < -0.3 is 10.4 Å². The maximum absolute atomic E-state index is 12.0. The fourth-order valence-electron chi connectivity index (χ4n) is 1.68. The van der Waals surface area contributed by atoms with Crippen LogP contribution in [-0.4, -0.2) is 16.0 Å². The minimum absolute atomic E-state index is 0.0859. The average Bonchev–Trinajstić information content (AvgIpc) is 2.87. The van der Waals surface area contributed by atoms with Gasteiger partial charge in [-0.1, -0.05) is 13.0 Å². The first-order valence-corrected chi connectivity index (χ1v) is 6.96. The molecule has 1 amide bonds. The summed E-state index contributed by atoms with van der Waals surface area (Å²) in [6, 6.07) is 6.16. The van der Waals surface area contributed by atoms with Crippen LogP contribution in [0.2, 0.25) is 0 Å². The van der Waals surface area contributed by atoms with Crippen molar-refractivity contribution in [3.05, 3.63) is 45.9 Å². The van der Waals surface area contributed by atoms with Crippen LogP contribution in [0.25, 0.3) is 0 Å². The van der Waals surface area contributed by atoms with E-state index in [1.54, 1.807) is 23.5 Å². The lowest BCUT2D eigenvalue weighted by atomic mass is 10.2. The Hall–Kier alpha value is -1.88. The van der Waals surface area contributed by atoms with Crippen LogP contribution in [0.15, 0.2) is 30.5 Å². The normalized spacial score (nSPS) is 12.1. The van der Waals surface area contributed by atoms with Crippen molar-refractivity contribution >= 4 is 17.2 Å². The van der Waals surface area contributed by atoms with Gasteiger partial charge in [-0.15, -0.1) is 11.3 Å². The van der Waals surface area contributed by atoms with Gasteiger partial charge in [0.1, 0.15) is 10.8 Å². The molecule has 0 radical (unpaired) electrons. The summed E-state index contributed by atoms with van der Waals surface area (Å²) in [5.41, 5.74) is 0.444. The van der Waals surface area contributed by atoms with Gasteiger partial charge in [0.05, 0.1) is 6.04 Å². The molecule has 0 saturated heterocycles. The van der Waals surface area contributed by atoms with Crippen molar-refractivity contribution in [2.45, 2.75) is 26.3 Å². The second-order valence-corrected chi connectivity index (χ2v) is 5.41. The van der Waals surface area contributed by atoms with E-state index < -0.39 is 0 Å². The fraction of sp³-hybridized carbons (Fsp3) is 0.286.